The fourth-order valence-electron chi connectivity index (χ4n) is 3.94. The lowest BCUT2D eigenvalue weighted by atomic mass is 10.1. The Bertz CT molecular complexity index is 845. The Labute approximate surface area is 175 Å². The van der Waals surface area contributed by atoms with Gasteiger partial charge in [-0.25, -0.2) is 14.2 Å². The van der Waals surface area contributed by atoms with Crippen LogP contribution in [0.1, 0.15) is 32.1 Å². The number of allylic oxidation sites excluding steroid dienone is 1. The van der Waals surface area contributed by atoms with E-state index < -0.39 is 18.0 Å². The van der Waals surface area contributed by atoms with E-state index in [1.807, 2.05) is 4.90 Å². The van der Waals surface area contributed by atoms with Gasteiger partial charge in [-0.3, -0.25) is 4.79 Å². The minimum absolute atomic E-state index is 0.00419. The standard InChI is InChI=1S/C18H21FN2O3.C2HF3O2/c19-13-6-3-9-20-17(13)24-15-8-7-14-16(15)23-11-10-21(14)18(22)12-4-1-2-5-12;3-2(4,5)1(6)7/h3-4,6,9,14-16H,1-2,5,7-8,10-11H2;(H,6,7)/t14-,15-,16+;/m0./s1. The second-order valence-corrected chi connectivity index (χ2v) is 7.35. The normalized spacial score (nSPS) is 25.2. The van der Waals surface area contributed by atoms with E-state index in [-0.39, 0.29) is 30.0 Å². The van der Waals surface area contributed by atoms with Gasteiger partial charge < -0.3 is 19.5 Å². The van der Waals surface area contributed by atoms with Crippen molar-refractivity contribution in [3.63, 3.8) is 0 Å². The molecule has 1 aliphatic heterocycles. The van der Waals surface area contributed by atoms with Crippen LogP contribution < -0.4 is 4.74 Å². The number of carboxylic acid groups (broad SMARTS) is 1. The van der Waals surface area contributed by atoms with Gasteiger partial charge in [0.2, 0.25) is 5.91 Å². The summed E-state index contributed by atoms with van der Waals surface area (Å²) in [7, 11) is 0. The highest BCUT2D eigenvalue weighted by atomic mass is 19.4. The molecule has 0 spiro atoms. The number of rotatable bonds is 3. The fourth-order valence-corrected chi connectivity index (χ4v) is 3.94. The Balaban J connectivity index is 0.000000339. The molecule has 0 bridgehead atoms. The van der Waals surface area contributed by atoms with Gasteiger partial charge >= 0.3 is 12.1 Å². The third-order valence-electron chi connectivity index (χ3n) is 5.34. The lowest BCUT2D eigenvalue weighted by Gasteiger charge is -2.39. The quantitative estimate of drug-likeness (QED) is 0.718. The van der Waals surface area contributed by atoms with E-state index in [9.17, 15) is 22.4 Å². The summed E-state index contributed by atoms with van der Waals surface area (Å²) in [4.78, 5) is 27.5. The Morgan fingerprint density at radius 2 is 2.03 bits per heavy atom. The number of pyridine rings is 1. The van der Waals surface area contributed by atoms with Crippen LogP contribution in [0, 0.1) is 5.82 Å². The minimum Gasteiger partial charge on any atom is -0.475 e. The molecular formula is C20H22F4N2O5. The van der Waals surface area contributed by atoms with Crippen molar-refractivity contribution in [1.82, 2.24) is 9.88 Å². The number of nitrogens with zero attached hydrogens (tertiary/aromatic N) is 2. The van der Waals surface area contributed by atoms with Crippen molar-refractivity contribution < 1.29 is 41.7 Å². The van der Waals surface area contributed by atoms with Crippen molar-refractivity contribution in [2.45, 2.75) is 56.5 Å². The number of aliphatic carboxylic acids is 1. The summed E-state index contributed by atoms with van der Waals surface area (Å²) >= 11 is 0. The van der Waals surface area contributed by atoms with Gasteiger partial charge in [0.1, 0.15) is 12.2 Å². The van der Waals surface area contributed by atoms with Crippen LogP contribution in [-0.4, -0.2) is 64.4 Å². The minimum atomic E-state index is -5.08. The maximum atomic E-state index is 13.8. The van der Waals surface area contributed by atoms with Crippen molar-refractivity contribution in [1.29, 1.82) is 0 Å². The second-order valence-electron chi connectivity index (χ2n) is 7.35. The number of hydrogen-bond acceptors (Lipinski definition) is 5. The summed E-state index contributed by atoms with van der Waals surface area (Å²) in [5, 5.41) is 7.12. The molecule has 1 saturated heterocycles. The first kappa shape index (κ1) is 23.0. The topological polar surface area (TPSA) is 89.0 Å². The Morgan fingerprint density at radius 3 is 2.65 bits per heavy atom. The van der Waals surface area contributed by atoms with Gasteiger partial charge in [0.15, 0.2) is 5.82 Å². The van der Waals surface area contributed by atoms with Crippen LogP contribution in [0.4, 0.5) is 17.6 Å². The monoisotopic (exact) mass is 446 g/mol. The van der Waals surface area contributed by atoms with E-state index in [0.717, 1.165) is 37.7 Å². The molecule has 2 heterocycles. The van der Waals surface area contributed by atoms with Crippen LogP contribution >= 0.6 is 0 Å². The van der Waals surface area contributed by atoms with Gasteiger partial charge in [-0.15, -0.1) is 0 Å². The number of halogens is 4. The van der Waals surface area contributed by atoms with Crippen LogP contribution in [-0.2, 0) is 14.3 Å². The summed E-state index contributed by atoms with van der Waals surface area (Å²) in [5.74, 6) is -3.09. The SMILES string of the molecule is O=C(C1=CCCC1)N1CCO[C@H]2[C@@H](Oc3ncccc3F)CC[C@@H]21.O=C(O)C(F)(F)F. The molecule has 2 fully saturated rings. The second kappa shape index (κ2) is 9.63. The molecule has 3 aliphatic rings. The number of ether oxygens (including phenoxy) is 2. The van der Waals surface area contributed by atoms with Gasteiger partial charge in [-0.1, -0.05) is 6.08 Å². The first-order valence-corrected chi connectivity index (χ1v) is 9.87. The number of fused-ring (bicyclic) bond motifs is 1. The molecule has 1 N–H and O–H groups in total. The van der Waals surface area contributed by atoms with E-state index in [2.05, 4.69) is 11.1 Å². The first-order valence-electron chi connectivity index (χ1n) is 9.87. The van der Waals surface area contributed by atoms with Crippen molar-refractivity contribution >= 4 is 11.9 Å². The molecule has 3 atom stereocenters. The van der Waals surface area contributed by atoms with Crippen molar-refractivity contribution in [3.05, 3.63) is 35.8 Å². The smallest absolute Gasteiger partial charge is 0.475 e. The summed E-state index contributed by atoms with van der Waals surface area (Å²) in [6, 6.07) is 2.87. The molecule has 1 aromatic rings. The average molecular weight is 446 g/mol. The molecule has 1 amide bonds. The Kier molecular flexibility index (Phi) is 7.14. The zero-order valence-corrected chi connectivity index (χ0v) is 16.5. The highest BCUT2D eigenvalue weighted by Gasteiger charge is 2.46. The predicted octanol–water partition coefficient (Wildman–Crippen LogP) is 3.10. The van der Waals surface area contributed by atoms with Crippen LogP contribution in [0.15, 0.2) is 30.0 Å². The molecule has 0 unspecified atom stereocenters. The molecule has 0 aromatic carbocycles. The molecule has 1 saturated carbocycles. The molecule has 1 aromatic heterocycles. The molecular weight excluding hydrogens is 424 g/mol. The van der Waals surface area contributed by atoms with E-state index in [1.165, 1.54) is 18.3 Å². The molecule has 2 aliphatic carbocycles. The lowest BCUT2D eigenvalue weighted by molar-refractivity contribution is -0.192. The van der Waals surface area contributed by atoms with Crippen LogP contribution in [0.2, 0.25) is 0 Å². The van der Waals surface area contributed by atoms with Crippen LogP contribution in [0.3, 0.4) is 0 Å². The van der Waals surface area contributed by atoms with Gasteiger partial charge in [-0.2, -0.15) is 13.2 Å². The number of morpholine rings is 1. The van der Waals surface area contributed by atoms with Gasteiger partial charge in [0, 0.05) is 18.3 Å². The largest absolute Gasteiger partial charge is 0.490 e. The number of aromatic nitrogens is 1. The molecule has 31 heavy (non-hydrogen) atoms. The molecule has 7 nitrogen and oxygen atoms in total. The maximum absolute atomic E-state index is 13.8. The zero-order chi connectivity index (χ0) is 22.6. The highest BCUT2D eigenvalue weighted by molar-refractivity contribution is 5.94. The molecule has 0 radical (unpaired) electrons. The van der Waals surface area contributed by atoms with Crippen LogP contribution in [0.5, 0.6) is 5.88 Å². The predicted molar refractivity (Wildman–Crippen MR) is 98.7 cm³/mol. The number of carbonyl (C=O) groups is 2. The van der Waals surface area contributed by atoms with Gasteiger partial charge in [-0.05, 0) is 44.2 Å². The van der Waals surface area contributed by atoms with E-state index in [0.29, 0.717) is 13.2 Å². The third-order valence-corrected chi connectivity index (χ3v) is 5.34. The zero-order valence-electron chi connectivity index (χ0n) is 16.5. The Hall–Kier alpha value is -2.69. The van der Waals surface area contributed by atoms with Crippen molar-refractivity contribution in [2.75, 3.05) is 13.2 Å². The first-order chi connectivity index (χ1) is 14.7. The van der Waals surface area contributed by atoms with E-state index in [1.54, 1.807) is 0 Å². The number of hydrogen-bond donors (Lipinski definition) is 1. The Morgan fingerprint density at radius 1 is 1.29 bits per heavy atom. The van der Waals surface area contributed by atoms with Gasteiger partial charge in [0.05, 0.1) is 12.6 Å². The van der Waals surface area contributed by atoms with Gasteiger partial charge in [0.25, 0.3) is 5.88 Å². The average Bonchev–Trinajstić information content (AvgIpc) is 3.39. The molecule has 11 heteroatoms. The maximum Gasteiger partial charge on any atom is 0.490 e. The fraction of sp³-hybridized carbons (Fsp3) is 0.550. The number of carbonyl (C=O) groups excluding carboxylic acids is 1. The number of carboxylic acids is 1. The van der Waals surface area contributed by atoms with E-state index >= 15 is 0 Å². The third kappa shape index (κ3) is 5.52. The van der Waals surface area contributed by atoms with Crippen molar-refractivity contribution in [2.24, 2.45) is 0 Å². The summed E-state index contributed by atoms with van der Waals surface area (Å²) in [6.45, 7) is 1.10. The molecule has 170 valence electrons. The van der Waals surface area contributed by atoms with Crippen LogP contribution in [0.25, 0.3) is 0 Å². The van der Waals surface area contributed by atoms with Crippen molar-refractivity contribution in [3.8, 4) is 5.88 Å². The summed E-state index contributed by atoms with van der Waals surface area (Å²) in [6.07, 6.45) is 2.45. The van der Waals surface area contributed by atoms with E-state index in [4.69, 9.17) is 19.4 Å². The highest BCUT2D eigenvalue weighted by Crippen LogP contribution is 2.34. The summed E-state index contributed by atoms with van der Waals surface area (Å²) < 4.78 is 57.2. The number of amides is 1. The number of alkyl halides is 3. The molecule has 4 rings (SSSR count). The summed E-state index contributed by atoms with van der Waals surface area (Å²) in [5.41, 5.74) is 0.927. The lowest BCUT2D eigenvalue weighted by Crippen LogP contribution is -2.54.